The summed E-state index contributed by atoms with van der Waals surface area (Å²) >= 11 is 0. The van der Waals surface area contributed by atoms with Crippen LogP contribution in [0.5, 0.6) is 0 Å². The Labute approximate surface area is 104 Å². The lowest BCUT2D eigenvalue weighted by molar-refractivity contribution is 0.0592. The van der Waals surface area contributed by atoms with Crippen molar-refractivity contribution >= 4 is 6.72 Å². The molecular weight excluding hydrogens is 208 g/mol. The topological polar surface area (TPSA) is 15.6 Å². The molecule has 1 aliphatic rings. The molecule has 0 saturated carbocycles. The molecule has 1 aromatic rings. The van der Waals surface area contributed by atoms with Crippen LogP contribution in [0.1, 0.15) is 32.3 Å². The maximum Gasteiger partial charge on any atom is 0.0620 e. The Hall–Kier alpha value is -1.15. The van der Waals surface area contributed by atoms with E-state index in [0.29, 0.717) is 6.04 Å². The van der Waals surface area contributed by atoms with E-state index in [1.807, 2.05) is 0 Å². The third-order valence-corrected chi connectivity index (χ3v) is 3.85. The van der Waals surface area contributed by atoms with E-state index in [0.717, 1.165) is 13.1 Å². The number of hydrogen-bond donors (Lipinski definition) is 0. The molecule has 2 rings (SSSR count). The van der Waals surface area contributed by atoms with Gasteiger partial charge in [0.25, 0.3) is 0 Å². The van der Waals surface area contributed by atoms with Crippen molar-refractivity contribution in [3.63, 3.8) is 0 Å². The maximum atomic E-state index is 4.21. The molecule has 0 N–H and O–H groups in total. The molecule has 1 heterocycles. The summed E-state index contributed by atoms with van der Waals surface area (Å²) in [6.45, 7) is 10.4. The van der Waals surface area contributed by atoms with Gasteiger partial charge < -0.3 is 0 Å². The zero-order valence-corrected chi connectivity index (χ0v) is 10.9. The molecule has 17 heavy (non-hydrogen) atoms. The summed E-state index contributed by atoms with van der Waals surface area (Å²) in [5, 5.41) is 0. The van der Waals surface area contributed by atoms with Crippen LogP contribution < -0.4 is 0 Å². The van der Waals surface area contributed by atoms with Gasteiger partial charge in [0.1, 0.15) is 0 Å². The summed E-state index contributed by atoms with van der Waals surface area (Å²) in [5.41, 5.74) is 1.65. The van der Waals surface area contributed by atoms with Gasteiger partial charge in [0.2, 0.25) is 0 Å². The van der Waals surface area contributed by atoms with Crippen molar-refractivity contribution in [2.45, 2.75) is 44.8 Å². The van der Waals surface area contributed by atoms with Gasteiger partial charge in [0.05, 0.1) is 6.04 Å². The number of nitrogens with zero attached hydrogens (tertiary/aromatic N) is 2. The van der Waals surface area contributed by atoms with Crippen LogP contribution in [0.15, 0.2) is 35.3 Å². The first kappa shape index (κ1) is 12.3. The summed E-state index contributed by atoms with van der Waals surface area (Å²) in [6, 6.07) is 11.1. The Bertz CT molecular complexity index is 370. The molecule has 0 unspecified atom stereocenters. The van der Waals surface area contributed by atoms with E-state index in [1.165, 1.54) is 18.4 Å². The van der Waals surface area contributed by atoms with E-state index in [2.05, 4.69) is 60.8 Å². The Morgan fingerprint density at radius 2 is 2.06 bits per heavy atom. The SMILES string of the molecule is C=N[C@H]1CCC(C)(C)N(Cc2ccccc2)C1. The predicted molar refractivity (Wildman–Crippen MR) is 73.5 cm³/mol. The summed E-state index contributed by atoms with van der Waals surface area (Å²) in [5.74, 6) is 0. The van der Waals surface area contributed by atoms with E-state index >= 15 is 0 Å². The molecule has 1 aliphatic heterocycles. The largest absolute Gasteiger partial charge is 0.296 e. The van der Waals surface area contributed by atoms with E-state index < -0.39 is 0 Å². The first-order chi connectivity index (χ1) is 8.12. The molecule has 2 nitrogen and oxygen atoms in total. The number of rotatable bonds is 3. The highest BCUT2D eigenvalue weighted by atomic mass is 15.2. The fourth-order valence-electron chi connectivity index (χ4n) is 2.50. The molecular formula is C15H22N2. The van der Waals surface area contributed by atoms with Gasteiger partial charge in [-0.1, -0.05) is 30.3 Å². The minimum Gasteiger partial charge on any atom is -0.296 e. The zero-order chi connectivity index (χ0) is 12.3. The summed E-state index contributed by atoms with van der Waals surface area (Å²) in [4.78, 5) is 6.75. The van der Waals surface area contributed by atoms with Gasteiger partial charge in [0, 0.05) is 18.6 Å². The molecule has 1 saturated heterocycles. The fraction of sp³-hybridized carbons (Fsp3) is 0.533. The first-order valence-corrected chi connectivity index (χ1v) is 6.36. The molecule has 0 bridgehead atoms. The smallest absolute Gasteiger partial charge is 0.0620 e. The van der Waals surface area contributed by atoms with E-state index in [1.54, 1.807) is 0 Å². The monoisotopic (exact) mass is 230 g/mol. The predicted octanol–water partition coefficient (Wildman–Crippen LogP) is 3.13. The second kappa shape index (κ2) is 5.01. The van der Waals surface area contributed by atoms with Crippen molar-refractivity contribution in [3.8, 4) is 0 Å². The number of hydrogen-bond acceptors (Lipinski definition) is 2. The van der Waals surface area contributed by atoms with Crippen LogP contribution in [0.25, 0.3) is 0 Å². The first-order valence-electron chi connectivity index (χ1n) is 6.36. The molecule has 0 spiro atoms. The molecule has 0 aliphatic carbocycles. The normalized spacial score (nSPS) is 24.5. The van der Waals surface area contributed by atoms with Crippen LogP contribution in [-0.2, 0) is 6.54 Å². The highest BCUT2D eigenvalue weighted by Gasteiger charge is 2.33. The number of aliphatic imine (C=N–C) groups is 1. The fourth-order valence-corrected chi connectivity index (χ4v) is 2.50. The van der Waals surface area contributed by atoms with Crippen molar-refractivity contribution in [3.05, 3.63) is 35.9 Å². The van der Waals surface area contributed by atoms with E-state index in [-0.39, 0.29) is 5.54 Å². The van der Waals surface area contributed by atoms with Crippen molar-refractivity contribution in [1.82, 2.24) is 4.90 Å². The second-order valence-corrected chi connectivity index (χ2v) is 5.55. The van der Waals surface area contributed by atoms with Crippen molar-refractivity contribution in [2.75, 3.05) is 6.54 Å². The van der Waals surface area contributed by atoms with Crippen molar-refractivity contribution < 1.29 is 0 Å². The van der Waals surface area contributed by atoms with Gasteiger partial charge in [-0.05, 0) is 39.0 Å². The Balaban J connectivity index is 2.09. The lowest BCUT2D eigenvalue weighted by Gasteiger charge is -2.44. The quantitative estimate of drug-likeness (QED) is 0.728. The highest BCUT2D eigenvalue weighted by Crippen LogP contribution is 2.30. The van der Waals surface area contributed by atoms with Crippen LogP contribution >= 0.6 is 0 Å². The summed E-state index contributed by atoms with van der Waals surface area (Å²) in [7, 11) is 0. The maximum absolute atomic E-state index is 4.21. The van der Waals surface area contributed by atoms with Crippen molar-refractivity contribution in [2.24, 2.45) is 4.99 Å². The van der Waals surface area contributed by atoms with Gasteiger partial charge in [-0.25, -0.2) is 0 Å². The standard InChI is InChI=1S/C15H22N2/c1-15(2)10-9-14(16-3)12-17(15)11-13-7-5-4-6-8-13/h4-8,14H,3,9-12H2,1-2H3/t14-/m0/s1. The molecule has 0 aromatic heterocycles. The number of likely N-dealkylation sites (tertiary alicyclic amines) is 1. The zero-order valence-electron chi connectivity index (χ0n) is 10.9. The Morgan fingerprint density at radius 1 is 1.35 bits per heavy atom. The van der Waals surface area contributed by atoms with Crippen LogP contribution in [0.3, 0.4) is 0 Å². The second-order valence-electron chi connectivity index (χ2n) is 5.55. The van der Waals surface area contributed by atoms with Gasteiger partial charge in [-0.3, -0.25) is 9.89 Å². The Morgan fingerprint density at radius 3 is 2.71 bits per heavy atom. The van der Waals surface area contributed by atoms with Crippen LogP contribution in [0.4, 0.5) is 0 Å². The molecule has 1 aromatic carbocycles. The molecule has 1 fully saturated rings. The van der Waals surface area contributed by atoms with Crippen LogP contribution in [0.2, 0.25) is 0 Å². The minimum atomic E-state index is 0.275. The van der Waals surface area contributed by atoms with Crippen LogP contribution in [0, 0.1) is 0 Å². The van der Waals surface area contributed by atoms with Crippen LogP contribution in [-0.4, -0.2) is 29.7 Å². The average Bonchev–Trinajstić information content (AvgIpc) is 2.33. The van der Waals surface area contributed by atoms with Gasteiger partial charge in [0.15, 0.2) is 0 Å². The lowest BCUT2D eigenvalue weighted by Crippen LogP contribution is -2.50. The van der Waals surface area contributed by atoms with E-state index in [4.69, 9.17) is 0 Å². The average molecular weight is 230 g/mol. The third kappa shape index (κ3) is 2.95. The van der Waals surface area contributed by atoms with Gasteiger partial charge in [-0.15, -0.1) is 0 Å². The van der Waals surface area contributed by atoms with Gasteiger partial charge >= 0.3 is 0 Å². The highest BCUT2D eigenvalue weighted by molar-refractivity contribution is 5.24. The molecule has 0 amide bonds. The van der Waals surface area contributed by atoms with E-state index in [9.17, 15) is 0 Å². The molecule has 0 radical (unpaired) electrons. The molecule has 2 heteroatoms. The summed E-state index contributed by atoms with van der Waals surface area (Å²) < 4.78 is 0. The van der Waals surface area contributed by atoms with Gasteiger partial charge in [-0.2, -0.15) is 0 Å². The third-order valence-electron chi connectivity index (χ3n) is 3.85. The molecule has 92 valence electrons. The molecule has 1 atom stereocenters. The van der Waals surface area contributed by atoms with Crippen molar-refractivity contribution in [1.29, 1.82) is 0 Å². The number of benzene rings is 1. The Kier molecular flexibility index (Phi) is 3.63. The minimum absolute atomic E-state index is 0.275. The lowest BCUT2D eigenvalue weighted by atomic mass is 9.88. The summed E-state index contributed by atoms with van der Waals surface area (Å²) in [6.07, 6.45) is 2.37. The number of piperidine rings is 1.